The molecule has 1 aromatic heterocycles. The lowest BCUT2D eigenvalue weighted by molar-refractivity contribution is -0.136. The van der Waals surface area contributed by atoms with E-state index in [1.165, 1.54) is 4.90 Å². The molecule has 6 nitrogen and oxygen atoms in total. The van der Waals surface area contributed by atoms with Crippen molar-refractivity contribution in [2.75, 3.05) is 31.1 Å². The van der Waals surface area contributed by atoms with Crippen molar-refractivity contribution < 1.29 is 18.0 Å². The van der Waals surface area contributed by atoms with Gasteiger partial charge in [-0.2, -0.15) is 13.2 Å². The van der Waals surface area contributed by atoms with Crippen LogP contribution in [-0.2, 0) is 4.79 Å². The molecule has 0 unspecified atom stereocenters. The average Bonchev–Trinajstić information content (AvgIpc) is 2.77. The van der Waals surface area contributed by atoms with Crippen LogP contribution in [0, 0.1) is 18.3 Å². The topological polar surface area (TPSA) is 86.3 Å². The molecule has 1 amide bonds. The van der Waals surface area contributed by atoms with E-state index in [9.17, 15) is 18.0 Å². The Morgan fingerprint density at radius 3 is 2.58 bits per heavy atom. The molecule has 2 aliphatic rings. The second-order valence-corrected chi connectivity index (χ2v) is 9.04. The number of hydrogen-bond acceptors (Lipinski definition) is 5. The highest BCUT2D eigenvalue weighted by Crippen LogP contribution is 2.34. The van der Waals surface area contributed by atoms with Gasteiger partial charge in [-0.05, 0) is 49.9 Å². The summed E-state index contributed by atoms with van der Waals surface area (Å²) in [4.78, 5) is 21.3. The van der Waals surface area contributed by atoms with Crippen molar-refractivity contribution in [1.29, 1.82) is 5.41 Å². The fraction of sp³-hybridized carbons (Fsp3) is 0.435. The first-order valence-corrected chi connectivity index (χ1v) is 11.2. The molecular formula is C23H25ClF3N5O. The zero-order valence-corrected chi connectivity index (χ0v) is 18.9. The first kappa shape index (κ1) is 23.4. The molecule has 2 aliphatic heterocycles. The minimum absolute atomic E-state index is 0.0508. The molecule has 3 heterocycles. The van der Waals surface area contributed by atoms with Crippen LogP contribution < -0.4 is 10.6 Å². The Hall–Kier alpha value is -2.81. The lowest BCUT2D eigenvalue weighted by Gasteiger charge is -2.38. The molecule has 1 fully saturated rings. The number of rotatable bonds is 3. The maximum absolute atomic E-state index is 13.1. The molecule has 3 N–H and O–H groups in total. The van der Waals surface area contributed by atoms with Gasteiger partial charge < -0.3 is 15.5 Å². The van der Waals surface area contributed by atoms with Gasteiger partial charge >= 0.3 is 6.18 Å². The average molecular weight is 480 g/mol. The minimum atomic E-state index is -4.74. The van der Waals surface area contributed by atoms with Crippen LogP contribution in [0.5, 0.6) is 0 Å². The summed E-state index contributed by atoms with van der Waals surface area (Å²) in [5.74, 6) is -0.302. The summed E-state index contributed by atoms with van der Waals surface area (Å²) in [6, 6.07) is 5.60. The lowest BCUT2D eigenvalue weighted by Crippen LogP contribution is -2.47. The first-order valence-electron chi connectivity index (χ1n) is 10.8. The number of piperidine rings is 1. The van der Waals surface area contributed by atoms with Crippen LogP contribution in [0.3, 0.4) is 0 Å². The summed E-state index contributed by atoms with van der Waals surface area (Å²) < 4.78 is 38.6. The number of benzene rings is 1. The number of aromatic nitrogens is 1. The number of halogens is 4. The summed E-state index contributed by atoms with van der Waals surface area (Å²) >= 11 is 6.21. The molecule has 4 rings (SSSR count). The van der Waals surface area contributed by atoms with Gasteiger partial charge in [0.2, 0.25) is 5.91 Å². The highest BCUT2D eigenvalue weighted by Gasteiger charge is 2.39. The highest BCUT2D eigenvalue weighted by atomic mass is 35.5. The molecule has 10 heteroatoms. The number of nitrogens with zero attached hydrogens (tertiary/aromatic N) is 3. The minimum Gasteiger partial charge on any atom is -0.400 e. The van der Waals surface area contributed by atoms with Gasteiger partial charge in [-0.25, -0.2) is 0 Å². The predicted octanol–water partition coefficient (Wildman–Crippen LogP) is 4.44. The van der Waals surface area contributed by atoms with E-state index in [2.05, 4.69) is 9.88 Å². The molecule has 33 heavy (non-hydrogen) atoms. The smallest absolute Gasteiger partial charge is 0.400 e. The number of amides is 1. The quantitative estimate of drug-likeness (QED) is 0.637. The fourth-order valence-electron chi connectivity index (χ4n) is 4.71. The zero-order valence-electron chi connectivity index (χ0n) is 18.2. The van der Waals surface area contributed by atoms with Crippen molar-refractivity contribution in [3.05, 3.63) is 46.3 Å². The highest BCUT2D eigenvalue weighted by molar-refractivity contribution is 6.31. The summed E-state index contributed by atoms with van der Waals surface area (Å²) in [6.45, 7) is 3.41. The normalized spacial score (nSPS) is 18.2. The van der Waals surface area contributed by atoms with Crippen LogP contribution in [0.2, 0.25) is 5.02 Å². The molecule has 176 valence electrons. The van der Waals surface area contributed by atoms with Crippen molar-refractivity contribution in [3.8, 4) is 0 Å². The molecule has 1 saturated heterocycles. The number of pyridine rings is 1. The maximum atomic E-state index is 13.1. The van der Waals surface area contributed by atoms with Crippen LogP contribution in [0.4, 0.5) is 18.9 Å². The maximum Gasteiger partial charge on any atom is 0.432 e. The SMILES string of the molecule is Cc1cnc2ccc(Cl)cc2c1N1CCC(C(=O)N2CCC(C(=N)C(F)(F)F)=C(N)C2)CC1. The third kappa shape index (κ3) is 4.64. The Bertz CT molecular complexity index is 1130. The summed E-state index contributed by atoms with van der Waals surface area (Å²) in [5, 5.41) is 8.95. The van der Waals surface area contributed by atoms with Crippen LogP contribution in [0.15, 0.2) is 35.7 Å². The lowest BCUT2D eigenvalue weighted by atomic mass is 9.92. The van der Waals surface area contributed by atoms with Gasteiger partial charge in [-0.1, -0.05) is 11.6 Å². The first-order chi connectivity index (χ1) is 15.6. The molecule has 0 spiro atoms. The molecular weight excluding hydrogens is 455 g/mol. The van der Waals surface area contributed by atoms with Gasteiger partial charge in [0.1, 0.15) is 5.71 Å². The van der Waals surface area contributed by atoms with Crippen LogP contribution in [-0.4, -0.2) is 53.9 Å². The van der Waals surface area contributed by atoms with Gasteiger partial charge in [0.15, 0.2) is 0 Å². The van der Waals surface area contributed by atoms with Gasteiger partial charge in [0.05, 0.1) is 17.7 Å². The number of nitrogens with two attached hydrogens (primary N) is 1. The van der Waals surface area contributed by atoms with Crippen molar-refractivity contribution in [2.24, 2.45) is 11.7 Å². The van der Waals surface area contributed by atoms with E-state index in [-0.39, 0.29) is 42.6 Å². The number of nitrogens with one attached hydrogen (secondary N) is 1. The van der Waals surface area contributed by atoms with Gasteiger partial charge in [0.25, 0.3) is 0 Å². The number of hydrogen-bond donors (Lipinski definition) is 2. The van der Waals surface area contributed by atoms with Crippen LogP contribution in [0.1, 0.15) is 24.8 Å². The molecule has 0 atom stereocenters. The largest absolute Gasteiger partial charge is 0.432 e. The van der Waals surface area contributed by atoms with E-state index < -0.39 is 11.9 Å². The molecule has 0 aliphatic carbocycles. The number of carbonyl (C=O) groups excluding carboxylic acids is 1. The number of fused-ring (bicyclic) bond motifs is 1. The monoisotopic (exact) mass is 479 g/mol. The molecule has 0 bridgehead atoms. The van der Waals surface area contributed by atoms with Crippen LogP contribution >= 0.6 is 11.6 Å². The number of carbonyl (C=O) groups is 1. The fourth-order valence-corrected chi connectivity index (χ4v) is 4.88. The number of alkyl halides is 3. The summed E-state index contributed by atoms with van der Waals surface area (Å²) in [5.41, 5.74) is 7.11. The number of aryl methyl sites for hydroxylation is 1. The molecule has 0 radical (unpaired) electrons. The van der Waals surface area contributed by atoms with Crippen molar-refractivity contribution in [2.45, 2.75) is 32.4 Å². The Kier molecular flexibility index (Phi) is 6.26. The van der Waals surface area contributed by atoms with E-state index in [0.717, 1.165) is 22.2 Å². The number of anilines is 1. The van der Waals surface area contributed by atoms with Crippen molar-refractivity contribution in [1.82, 2.24) is 9.88 Å². The molecule has 2 aromatic rings. The van der Waals surface area contributed by atoms with Gasteiger partial charge in [-0.3, -0.25) is 15.2 Å². The van der Waals surface area contributed by atoms with Crippen molar-refractivity contribution >= 4 is 39.8 Å². The Labute approximate surface area is 194 Å². The second kappa shape index (κ2) is 8.85. The summed E-state index contributed by atoms with van der Waals surface area (Å²) in [7, 11) is 0. The van der Waals surface area contributed by atoms with E-state index in [0.29, 0.717) is 31.0 Å². The predicted molar refractivity (Wildman–Crippen MR) is 123 cm³/mol. The summed E-state index contributed by atoms with van der Waals surface area (Å²) in [6.07, 6.45) is -1.69. The van der Waals surface area contributed by atoms with E-state index >= 15 is 0 Å². The Balaban J connectivity index is 1.44. The van der Waals surface area contributed by atoms with E-state index in [1.807, 2.05) is 25.3 Å². The van der Waals surface area contributed by atoms with Gasteiger partial charge in [0, 0.05) is 53.4 Å². The Morgan fingerprint density at radius 1 is 1.24 bits per heavy atom. The van der Waals surface area contributed by atoms with Crippen molar-refractivity contribution in [3.63, 3.8) is 0 Å². The standard InChI is InChI=1S/C23H25ClF3N5O/c1-13-11-30-19-3-2-15(24)10-17(19)20(13)31-7-4-14(5-8-31)22(33)32-9-6-16(18(28)12-32)21(29)23(25,26)27/h2-3,10-11,14,29H,4-9,12,28H2,1H3. The third-order valence-corrected chi connectivity index (χ3v) is 6.66. The Morgan fingerprint density at radius 2 is 1.94 bits per heavy atom. The zero-order chi connectivity index (χ0) is 23.9. The second-order valence-electron chi connectivity index (χ2n) is 8.60. The molecule has 0 saturated carbocycles. The van der Waals surface area contributed by atoms with E-state index in [4.69, 9.17) is 22.7 Å². The van der Waals surface area contributed by atoms with Crippen LogP contribution in [0.25, 0.3) is 10.9 Å². The molecule has 1 aromatic carbocycles. The third-order valence-electron chi connectivity index (χ3n) is 6.42. The van der Waals surface area contributed by atoms with E-state index in [1.54, 1.807) is 6.07 Å². The van der Waals surface area contributed by atoms with Gasteiger partial charge in [-0.15, -0.1) is 0 Å².